The molecule has 0 saturated carbocycles. The fraction of sp³-hybridized carbons (Fsp3) is 0.364. The van der Waals surface area contributed by atoms with Crippen molar-refractivity contribution in [1.82, 2.24) is 10.6 Å². The van der Waals surface area contributed by atoms with E-state index < -0.39 is 0 Å². The van der Waals surface area contributed by atoms with Gasteiger partial charge >= 0.3 is 0 Å². The van der Waals surface area contributed by atoms with Crippen LogP contribution in [-0.4, -0.2) is 45.3 Å². The largest absolute Gasteiger partial charge is 0.493 e. The molecule has 1 fully saturated rings. The van der Waals surface area contributed by atoms with Crippen LogP contribution >= 0.6 is 0 Å². The van der Waals surface area contributed by atoms with Crippen LogP contribution in [0.3, 0.4) is 0 Å². The molecule has 1 aliphatic rings. The number of rotatable bonds is 8. The van der Waals surface area contributed by atoms with Gasteiger partial charge in [0.25, 0.3) is 11.8 Å². The molecule has 7 heteroatoms. The molecule has 1 heterocycles. The van der Waals surface area contributed by atoms with E-state index in [1.165, 1.54) is 0 Å². The van der Waals surface area contributed by atoms with E-state index in [1.54, 1.807) is 44.6 Å². The van der Waals surface area contributed by atoms with Crippen molar-refractivity contribution in [2.75, 3.05) is 27.4 Å². The smallest absolute Gasteiger partial charge is 0.251 e. The van der Waals surface area contributed by atoms with Crippen LogP contribution in [0.15, 0.2) is 42.5 Å². The van der Waals surface area contributed by atoms with Crippen molar-refractivity contribution in [3.05, 3.63) is 59.2 Å². The van der Waals surface area contributed by atoms with Gasteiger partial charge in [-0.05, 0) is 54.8 Å². The number of nitrogens with one attached hydrogen (secondary N) is 2. The van der Waals surface area contributed by atoms with Gasteiger partial charge in [-0.1, -0.05) is 6.07 Å². The number of carbonyl (C=O) groups excluding carboxylic acids is 2. The van der Waals surface area contributed by atoms with Crippen LogP contribution in [0.25, 0.3) is 0 Å². The molecule has 1 atom stereocenters. The molecular formula is C22H26N2O5. The molecular weight excluding hydrogens is 372 g/mol. The molecule has 2 aromatic rings. The van der Waals surface area contributed by atoms with Gasteiger partial charge in [0.2, 0.25) is 0 Å². The first-order chi connectivity index (χ1) is 14.1. The molecule has 2 amide bonds. The number of methoxy groups -OCH3 is 2. The van der Waals surface area contributed by atoms with Gasteiger partial charge in [-0.3, -0.25) is 9.59 Å². The number of hydrogen-bond donors (Lipinski definition) is 2. The third-order valence-corrected chi connectivity index (χ3v) is 4.82. The van der Waals surface area contributed by atoms with Crippen molar-refractivity contribution in [3.63, 3.8) is 0 Å². The summed E-state index contributed by atoms with van der Waals surface area (Å²) in [5.41, 5.74) is 1.89. The van der Waals surface area contributed by atoms with Crippen molar-refractivity contribution in [3.8, 4) is 11.5 Å². The van der Waals surface area contributed by atoms with Crippen LogP contribution in [0.4, 0.5) is 0 Å². The fourth-order valence-corrected chi connectivity index (χ4v) is 3.16. The topological polar surface area (TPSA) is 85.9 Å². The van der Waals surface area contributed by atoms with Crippen LogP contribution in [0.5, 0.6) is 11.5 Å². The minimum Gasteiger partial charge on any atom is -0.493 e. The maximum Gasteiger partial charge on any atom is 0.251 e. The second-order valence-corrected chi connectivity index (χ2v) is 6.79. The van der Waals surface area contributed by atoms with Gasteiger partial charge < -0.3 is 24.8 Å². The summed E-state index contributed by atoms with van der Waals surface area (Å²) in [5.74, 6) is 0.859. The van der Waals surface area contributed by atoms with Gasteiger partial charge in [0.1, 0.15) is 0 Å². The normalized spacial score (nSPS) is 15.6. The van der Waals surface area contributed by atoms with Crippen LogP contribution in [0, 0.1) is 0 Å². The summed E-state index contributed by atoms with van der Waals surface area (Å²) >= 11 is 0. The maximum absolute atomic E-state index is 12.4. The van der Waals surface area contributed by atoms with E-state index in [0.717, 1.165) is 25.0 Å². The molecule has 0 aromatic heterocycles. The minimum absolute atomic E-state index is 0.0978. The highest BCUT2D eigenvalue weighted by Crippen LogP contribution is 2.27. The zero-order valence-corrected chi connectivity index (χ0v) is 16.7. The molecule has 2 N–H and O–H groups in total. The summed E-state index contributed by atoms with van der Waals surface area (Å²) < 4.78 is 16.0. The van der Waals surface area contributed by atoms with Crippen molar-refractivity contribution in [2.24, 2.45) is 0 Å². The molecule has 0 bridgehead atoms. The van der Waals surface area contributed by atoms with Crippen LogP contribution in [0.2, 0.25) is 0 Å². The quantitative estimate of drug-likeness (QED) is 0.714. The number of amides is 2. The Morgan fingerprint density at radius 3 is 2.21 bits per heavy atom. The molecule has 0 spiro atoms. The molecule has 1 aliphatic heterocycles. The first-order valence-electron chi connectivity index (χ1n) is 9.59. The lowest BCUT2D eigenvalue weighted by Gasteiger charge is -2.11. The highest BCUT2D eigenvalue weighted by atomic mass is 16.5. The van der Waals surface area contributed by atoms with Gasteiger partial charge in [0, 0.05) is 30.8 Å². The Hall–Kier alpha value is -3.06. The number of carbonyl (C=O) groups is 2. The van der Waals surface area contributed by atoms with Crippen LogP contribution in [-0.2, 0) is 11.3 Å². The average molecular weight is 398 g/mol. The summed E-state index contributed by atoms with van der Waals surface area (Å²) in [5, 5.41) is 5.73. The summed E-state index contributed by atoms with van der Waals surface area (Å²) in [6.45, 7) is 1.61. The van der Waals surface area contributed by atoms with Gasteiger partial charge in [0.05, 0.1) is 20.3 Å². The van der Waals surface area contributed by atoms with E-state index in [1.807, 2.05) is 12.1 Å². The first kappa shape index (κ1) is 20.7. The van der Waals surface area contributed by atoms with E-state index in [0.29, 0.717) is 35.7 Å². The first-order valence-corrected chi connectivity index (χ1v) is 9.59. The maximum atomic E-state index is 12.4. The monoisotopic (exact) mass is 398 g/mol. The van der Waals surface area contributed by atoms with Gasteiger partial charge in [-0.2, -0.15) is 0 Å². The van der Waals surface area contributed by atoms with E-state index >= 15 is 0 Å². The predicted octanol–water partition coefficient (Wildman–Crippen LogP) is 2.54. The third-order valence-electron chi connectivity index (χ3n) is 4.82. The lowest BCUT2D eigenvalue weighted by Crippen LogP contribution is -2.31. The molecule has 29 heavy (non-hydrogen) atoms. The number of hydrogen-bond acceptors (Lipinski definition) is 5. The number of benzene rings is 2. The Kier molecular flexibility index (Phi) is 7.08. The van der Waals surface area contributed by atoms with Gasteiger partial charge in [0.15, 0.2) is 11.5 Å². The Morgan fingerprint density at radius 1 is 0.966 bits per heavy atom. The fourth-order valence-electron chi connectivity index (χ4n) is 3.16. The average Bonchev–Trinajstić information content (AvgIpc) is 3.29. The second kappa shape index (κ2) is 9.93. The molecule has 0 aliphatic carbocycles. The summed E-state index contributed by atoms with van der Waals surface area (Å²) in [7, 11) is 3.14. The zero-order valence-electron chi connectivity index (χ0n) is 16.7. The molecule has 7 nitrogen and oxygen atoms in total. The van der Waals surface area contributed by atoms with E-state index in [2.05, 4.69) is 10.6 Å². The van der Waals surface area contributed by atoms with Crippen molar-refractivity contribution >= 4 is 11.8 Å². The Bertz CT molecular complexity index is 845. The Labute approximate surface area is 170 Å². The summed E-state index contributed by atoms with van der Waals surface area (Å²) in [6.07, 6.45) is 2.10. The van der Waals surface area contributed by atoms with Crippen molar-refractivity contribution in [1.29, 1.82) is 0 Å². The molecule has 0 radical (unpaired) electrons. The Balaban J connectivity index is 1.52. The highest BCUT2D eigenvalue weighted by molar-refractivity contribution is 5.97. The van der Waals surface area contributed by atoms with Gasteiger partial charge in [-0.15, -0.1) is 0 Å². The van der Waals surface area contributed by atoms with E-state index in [9.17, 15) is 9.59 Å². The van der Waals surface area contributed by atoms with Crippen molar-refractivity contribution < 1.29 is 23.8 Å². The highest BCUT2D eigenvalue weighted by Gasteiger charge is 2.17. The van der Waals surface area contributed by atoms with Crippen molar-refractivity contribution in [2.45, 2.75) is 25.5 Å². The lowest BCUT2D eigenvalue weighted by molar-refractivity contribution is 0.0857. The van der Waals surface area contributed by atoms with Crippen LogP contribution in [0.1, 0.15) is 39.1 Å². The lowest BCUT2D eigenvalue weighted by atomic mass is 10.1. The molecule has 154 valence electrons. The predicted molar refractivity (Wildman–Crippen MR) is 108 cm³/mol. The number of ether oxygens (including phenoxy) is 3. The third kappa shape index (κ3) is 5.48. The second-order valence-electron chi connectivity index (χ2n) is 6.79. The van der Waals surface area contributed by atoms with Gasteiger partial charge in [-0.25, -0.2) is 0 Å². The summed E-state index contributed by atoms with van der Waals surface area (Å²) in [4.78, 5) is 24.6. The van der Waals surface area contributed by atoms with E-state index in [-0.39, 0.29) is 17.9 Å². The molecule has 1 unspecified atom stereocenters. The zero-order chi connectivity index (χ0) is 20.6. The SMILES string of the molecule is COc1ccc(CNC(=O)c2ccc(C(=O)NCC3CCCO3)cc2)cc1OC. The standard InChI is InChI=1S/C22H26N2O5/c1-27-19-10-5-15(12-20(19)28-2)13-23-21(25)16-6-8-17(9-7-16)22(26)24-14-18-4-3-11-29-18/h5-10,12,18H,3-4,11,13-14H2,1-2H3,(H,23,25)(H,24,26). The minimum atomic E-state index is -0.217. The Morgan fingerprint density at radius 2 is 1.62 bits per heavy atom. The van der Waals surface area contributed by atoms with Crippen LogP contribution < -0.4 is 20.1 Å². The molecule has 2 aromatic carbocycles. The summed E-state index contributed by atoms with van der Waals surface area (Å²) in [6, 6.07) is 12.1. The molecule has 3 rings (SSSR count). The van der Waals surface area contributed by atoms with E-state index in [4.69, 9.17) is 14.2 Å². The molecule has 1 saturated heterocycles.